The van der Waals surface area contributed by atoms with Gasteiger partial charge in [-0.2, -0.15) is 0 Å². The molecule has 0 spiro atoms. The smallest absolute Gasteiger partial charge is 0.297 e. The Bertz CT molecular complexity index is 247. The average molecular weight is 206 g/mol. The van der Waals surface area contributed by atoms with Crippen LogP contribution in [-0.2, 0) is 18.4 Å². The minimum absolute atomic E-state index is 0.270. The highest BCUT2D eigenvalue weighted by Crippen LogP contribution is 2.58. The lowest BCUT2D eigenvalue weighted by Gasteiger charge is -2.10. The SMILES string of the molecule is CC(C)C(=O)P1(=O)OC(C)C(C)O1. The van der Waals surface area contributed by atoms with Gasteiger partial charge in [-0.1, -0.05) is 13.8 Å². The zero-order valence-electron chi connectivity index (χ0n) is 8.31. The fourth-order valence-corrected chi connectivity index (χ4v) is 3.16. The molecule has 0 saturated carbocycles. The third kappa shape index (κ3) is 2.01. The van der Waals surface area contributed by atoms with Crippen LogP contribution in [0.15, 0.2) is 0 Å². The summed E-state index contributed by atoms with van der Waals surface area (Å²) in [6, 6.07) is 0. The minimum Gasteiger partial charge on any atom is -0.297 e. The molecule has 0 amide bonds. The Balaban J connectivity index is 2.81. The third-order valence-electron chi connectivity index (χ3n) is 2.03. The first-order valence-electron chi connectivity index (χ1n) is 4.38. The molecule has 0 N–H and O–H groups in total. The molecule has 0 aromatic heterocycles. The van der Waals surface area contributed by atoms with Crippen molar-refractivity contribution < 1.29 is 18.4 Å². The third-order valence-corrected chi connectivity index (χ3v) is 4.31. The highest BCUT2D eigenvalue weighted by Gasteiger charge is 2.46. The van der Waals surface area contributed by atoms with Crippen LogP contribution >= 0.6 is 7.60 Å². The highest BCUT2D eigenvalue weighted by molar-refractivity contribution is 7.72. The van der Waals surface area contributed by atoms with E-state index in [1.807, 2.05) is 0 Å². The molecule has 76 valence electrons. The van der Waals surface area contributed by atoms with Crippen molar-refractivity contribution in [1.82, 2.24) is 0 Å². The topological polar surface area (TPSA) is 52.6 Å². The molecule has 0 bridgehead atoms. The summed E-state index contributed by atoms with van der Waals surface area (Å²) >= 11 is 0. The van der Waals surface area contributed by atoms with Crippen molar-refractivity contribution in [2.45, 2.75) is 39.9 Å². The predicted octanol–water partition coefficient (Wildman–Crippen LogP) is 2.19. The zero-order chi connectivity index (χ0) is 10.2. The number of carbonyl (C=O) groups is 1. The maximum Gasteiger partial charge on any atom is 0.397 e. The fraction of sp³-hybridized carbons (Fsp3) is 0.875. The van der Waals surface area contributed by atoms with Gasteiger partial charge in [0, 0.05) is 5.92 Å². The van der Waals surface area contributed by atoms with Gasteiger partial charge in [0.15, 0.2) is 0 Å². The molecule has 4 nitrogen and oxygen atoms in total. The lowest BCUT2D eigenvalue weighted by molar-refractivity contribution is -0.116. The summed E-state index contributed by atoms with van der Waals surface area (Å²) in [5.41, 5.74) is -0.427. The van der Waals surface area contributed by atoms with Crippen molar-refractivity contribution in [3.8, 4) is 0 Å². The van der Waals surface area contributed by atoms with E-state index in [0.717, 1.165) is 0 Å². The first kappa shape index (κ1) is 10.9. The van der Waals surface area contributed by atoms with E-state index in [0.29, 0.717) is 0 Å². The summed E-state index contributed by atoms with van der Waals surface area (Å²) in [5.74, 6) is -0.316. The Morgan fingerprint density at radius 2 is 1.62 bits per heavy atom. The Kier molecular flexibility index (Phi) is 2.95. The van der Waals surface area contributed by atoms with Crippen molar-refractivity contribution in [2.75, 3.05) is 0 Å². The van der Waals surface area contributed by atoms with E-state index in [-0.39, 0.29) is 18.1 Å². The molecule has 5 heteroatoms. The van der Waals surface area contributed by atoms with Gasteiger partial charge in [-0.25, -0.2) is 0 Å². The fourth-order valence-electron chi connectivity index (χ4n) is 1.05. The van der Waals surface area contributed by atoms with Gasteiger partial charge < -0.3 is 0 Å². The summed E-state index contributed by atoms with van der Waals surface area (Å²) in [5, 5.41) is 0. The van der Waals surface area contributed by atoms with Crippen LogP contribution < -0.4 is 0 Å². The molecule has 1 aliphatic rings. The van der Waals surface area contributed by atoms with E-state index >= 15 is 0 Å². The molecule has 1 fully saturated rings. The van der Waals surface area contributed by atoms with Crippen molar-refractivity contribution in [3.05, 3.63) is 0 Å². The van der Waals surface area contributed by atoms with Crippen LogP contribution in [0.2, 0.25) is 0 Å². The normalized spacial score (nSPS) is 39.8. The predicted molar refractivity (Wildman–Crippen MR) is 48.5 cm³/mol. The van der Waals surface area contributed by atoms with Crippen molar-refractivity contribution in [2.24, 2.45) is 5.92 Å². The second kappa shape index (κ2) is 3.52. The molecule has 1 heterocycles. The quantitative estimate of drug-likeness (QED) is 0.650. The van der Waals surface area contributed by atoms with Crippen molar-refractivity contribution in [1.29, 1.82) is 0 Å². The van der Waals surface area contributed by atoms with Gasteiger partial charge in [-0.15, -0.1) is 0 Å². The Hall–Kier alpha value is -0.180. The van der Waals surface area contributed by atoms with Gasteiger partial charge in [-0.05, 0) is 13.8 Å². The van der Waals surface area contributed by atoms with Gasteiger partial charge in [0.2, 0.25) is 5.52 Å². The zero-order valence-corrected chi connectivity index (χ0v) is 9.21. The van der Waals surface area contributed by atoms with Gasteiger partial charge >= 0.3 is 7.60 Å². The van der Waals surface area contributed by atoms with E-state index in [4.69, 9.17) is 9.05 Å². The Labute approximate surface area is 78.1 Å². The average Bonchev–Trinajstić information content (AvgIpc) is 2.26. The second-order valence-electron chi connectivity index (χ2n) is 3.61. The van der Waals surface area contributed by atoms with E-state index < -0.39 is 13.1 Å². The molecule has 0 aromatic carbocycles. The molecule has 1 saturated heterocycles. The summed E-state index contributed by atoms with van der Waals surface area (Å²) < 4.78 is 21.9. The Morgan fingerprint density at radius 1 is 1.23 bits per heavy atom. The number of carbonyl (C=O) groups excluding carboxylic acids is 1. The summed E-state index contributed by atoms with van der Waals surface area (Å²) in [6.07, 6.45) is -0.540. The molecule has 13 heavy (non-hydrogen) atoms. The van der Waals surface area contributed by atoms with Crippen LogP contribution in [0.5, 0.6) is 0 Å². The standard InChI is InChI=1S/C8H15O4P/c1-5(2)8(9)13(10)11-6(3)7(4)12-13/h5-7H,1-4H3. The molecule has 1 aliphatic heterocycles. The monoisotopic (exact) mass is 206 g/mol. The molecule has 0 radical (unpaired) electrons. The summed E-state index contributed by atoms with van der Waals surface area (Å²) in [4.78, 5) is 11.4. The molecule has 2 atom stereocenters. The van der Waals surface area contributed by atoms with Gasteiger partial charge in [0.25, 0.3) is 0 Å². The van der Waals surface area contributed by atoms with E-state index in [9.17, 15) is 9.36 Å². The van der Waals surface area contributed by atoms with E-state index in [2.05, 4.69) is 0 Å². The lowest BCUT2D eigenvalue weighted by atomic mass is 10.3. The molecule has 1 rings (SSSR count). The van der Waals surface area contributed by atoms with Crippen LogP contribution in [0, 0.1) is 5.92 Å². The first-order valence-corrected chi connectivity index (χ1v) is 5.92. The van der Waals surface area contributed by atoms with Gasteiger partial charge in [0.05, 0.1) is 12.2 Å². The van der Waals surface area contributed by atoms with Gasteiger partial charge in [-0.3, -0.25) is 18.4 Å². The molecule has 0 aromatic rings. The number of hydrogen-bond donors (Lipinski definition) is 0. The minimum atomic E-state index is -3.47. The molecule has 0 aliphatic carbocycles. The Morgan fingerprint density at radius 3 is 1.92 bits per heavy atom. The molecule has 2 unspecified atom stereocenters. The lowest BCUT2D eigenvalue weighted by Crippen LogP contribution is -2.13. The number of rotatable bonds is 2. The van der Waals surface area contributed by atoms with Gasteiger partial charge in [0.1, 0.15) is 0 Å². The maximum absolute atomic E-state index is 11.8. The van der Waals surface area contributed by atoms with E-state index in [1.165, 1.54) is 0 Å². The maximum atomic E-state index is 11.8. The number of hydrogen-bond acceptors (Lipinski definition) is 4. The first-order chi connectivity index (χ1) is 5.87. The highest BCUT2D eigenvalue weighted by atomic mass is 31.2. The molecular formula is C8H15O4P. The summed E-state index contributed by atoms with van der Waals surface area (Å²) in [6.45, 7) is 6.86. The van der Waals surface area contributed by atoms with Crippen molar-refractivity contribution in [3.63, 3.8) is 0 Å². The van der Waals surface area contributed by atoms with Crippen molar-refractivity contribution >= 4 is 13.1 Å². The van der Waals surface area contributed by atoms with Crippen LogP contribution in [0.25, 0.3) is 0 Å². The van der Waals surface area contributed by atoms with Crippen LogP contribution in [0.1, 0.15) is 27.7 Å². The van der Waals surface area contributed by atoms with E-state index in [1.54, 1.807) is 27.7 Å². The van der Waals surface area contributed by atoms with Crippen LogP contribution in [0.4, 0.5) is 0 Å². The van der Waals surface area contributed by atoms with Crippen LogP contribution in [0.3, 0.4) is 0 Å². The summed E-state index contributed by atoms with van der Waals surface area (Å²) in [7, 11) is -3.47. The molecular weight excluding hydrogens is 191 g/mol. The second-order valence-corrected chi connectivity index (χ2v) is 5.47. The largest absolute Gasteiger partial charge is 0.397 e. The van der Waals surface area contributed by atoms with Crippen LogP contribution in [-0.4, -0.2) is 17.7 Å².